The van der Waals surface area contributed by atoms with Crippen molar-refractivity contribution in [3.8, 4) is 5.75 Å². The Hall–Kier alpha value is -1.82. The molecule has 0 aliphatic carbocycles. The van der Waals surface area contributed by atoms with Crippen LogP contribution in [0.5, 0.6) is 5.75 Å². The lowest BCUT2D eigenvalue weighted by molar-refractivity contribution is -0.00523. The normalized spacial score (nSPS) is 20.1. The fraction of sp³-hybridized carbons (Fsp3) is 0.429. The van der Waals surface area contributed by atoms with Crippen LogP contribution in [0.2, 0.25) is 5.02 Å². The number of ketones is 1. The van der Waals surface area contributed by atoms with E-state index in [0.717, 1.165) is 12.1 Å². The second-order valence-electron chi connectivity index (χ2n) is 5.42. The first-order chi connectivity index (χ1) is 9.90. The van der Waals surface area contributed by atoms with Crippen molar-refractivity contribution < 1.29 is 23.8 Å². The number of fused-ring (bicyclic) bond motifs is 1. The van der Waals surface area contributed by atoms with Gasteiger partial charge in [-0.2, -0.15) is 0 Å². The first-order valence-electron chi connectivity index (χ1n) is 6.59. The summed E-state index contributed by atoms with van der Waals surface area (Å²) >= 11 is 5.97. The quantitative estimate of drug-likeness (QED) is 0.799. The van der Waals surface area contributed by atoms with Crippen molar-refractivity contribution >= 4 is 23.5 Å². The van der Waals surface area contributed by atoms with Crippen LogP contribution in [0.4, 0.5) is 9.18 Å². The van der Waals surface area contributed by atoms with E-state index in [1.165, 1.54) is 4.90 Å². The molecule has 2 aliphatic rings. The topological polar surface area (TPSA) is 66.8 Å². The van der Waals surface area contributed by atoms with Gasteiger partial charge in [0.1, 0.15) is 17.2 Å². The molecule has 2 heterocycles. The maximum absolute atomic E-state index is 13.3. The number of halogens is 2. The van der Waals surface area contributed by atoms with E-state index in [-0.39, 0.29) is 28.5 Å². The van der Waals surface area contributed by atoms with E-state index in [2.05, 4.69) is 0 Å². The predicted octanol–water partition coefficient (Wildman–Crippen LogP) is 2.96. The van der Waals surface area contributed by atoms with Crippen molar-refractivity contribution in [2.24, 2.45) is 0 Å². The summed E-state index contributed by atoms with van der Waals surface area (Å²) in [6, 6.07) is 2.24. The lowest BCUT2D eigenvalue weighted by atomic mass is 9.82. The molecule has 1 saturated heterocycles. The van der Waals surface area contributed by atoms with Crippen molar-refractivity contribution in [1.82, 2.24) is 4.90 Å². The summed E-state index contributed by atoms with van der Waals surface area (Å²) < 4.78 is 19.2. The van der Waals surface area contributed by atoms with Gasteiger partial charge in [0.15, 0.2) is 5.78 Å². The third-order valence-electron chi connectivity index (χ3n) is 4.06. The Morgan fingerprint density at radius 3 is 2.67 bits per heavy atom. The number of likely N-dealkylation sites (tertiary alicyclic amines) is 1. The average Bonchev–Trinajstić information content (AvgIpc) is 2.41. The van der Waals surface area contributed by atoms with E-state index in [9.17, 15) is 14.0 Å². The summed E-state index contributed by atoms with van der Waals surface area (Å²) in [6.45, 7) is 0.605. The molecule has 1 aromatic rings. The molecule has 112 valence electrons. The van der Waals surface area contributed by atoms with Crippen LogP contribution in [-0.2, 0) is 0 Å². The van der Waals surface area contributed by atoms with Crippen LogP contribution in [0.1, 0.15) is 29.6 Å². The number of hydrogen-bond donors (Lipinski definition) is 1. The Morgan fingerprint density at radius 2 is 2.05 bits per heavy atom. The van der Waals surface area contributed by atoms with Gasteiger partial charge in [-0.25, -0.2) is 9.18 Å². The molecule has 0 radical (unpaired) electrons. The smallest absolute Gasteiger partial charge is 0.407 e. The van der Waals surface area contributed by atoms with E-state index < -0.39 is 17.5 Å². The Bertz CT molecular complexity index is 626. The van der Waals surface area contributed by atoms with E-state index >= 15 is 0 Å². The zero-order valence-corrected chi connectivity index (χ0v) is 11.8. The first kappa shape index (κ1) is 14.1. The third-order valence-corrected chi connectivity index (χ3v) is 4.34. The molecule has 1 fully saturated rings. The minimum Gasteiger partial charge on any atom is -0.484 e. The molecule has 5 nitrogen and oxygen atoms in total. The number of hydrogen-bond acceptors (Lipinski definition) is 3. The number of ether oxygens (including phenoxy) is 1. The number of piperidine rings is 1. The van der Waals surface area contributed by atoms with Gasteiger partial charge in [-0.05, 0) is 12.1 Å². The molecular formula is C14H13ClFNO4. The second kappa shape index (κ2) is 4.87. The predicted molar refractivity (Wildman–Crippen MR) is 72.5 cm³/mol. The number of carbonyl (C=O) groups is 2. The van der Waals surface area contributed by atoms with Crippen molar-refractivity contribution in [3.63, 3.8) is 0 Å². The monoisotopic (exact) mass is 313 g/mol. The Balaban J connectivity index is 1.89. The zero-order valence-electron chi connectivity index (χ0n) is 11.1. The molecule has 1 aromatic carbocycles. The Labute approximate surface area is 125 Å². The molecule has 2 aliphatic heterocycles. The van der Waals surface area contributed by atoms with Crippen LogP contribution in [0, 0.1) is 5.82 Å². The van der Waals surface area contributed by atoms with Gasteiger partial charge in [0.25, 0.3) is 0 Å². The molecular weight excluding hydrogens is 301 g/mol. The van der Waals surface area contributed by atoms with Crippen molar-refractivity contribution in [2.75, 3.05) is 13.1 Å². The molecule has 1 spiro atoms. The fourth-order valence-corrected chi connectivity index (χ4v) is 3.14. The third kappa shape index (κ3) is 2.44. The van der Waals surface area contributed by atoms with Crippen LogP contribution < -0.4 is 4.74 Å². The molecule has 3 rings (SSSR count). The van der Waals surface area contributed by atoms with Gasteiger partial charge < -0.3 is 14.7 Å². The minimum absolute atomic E-state index is 0.0677. The highest BCUT2D eigenvalue weighted by Crippen LogP contribution is 2.43. The fourth-order valence-electron chi connectivity index (χ4n) is 2.90. The number of rotatable bonds is 0. The summed E-state index contributed by atoms with van der Waals surface area (Å²) in [5, 5.41) is 9.03. The van der Waals surface area contributed by atoms with Gasteiger partial charge >= 0.3 is 6.09 Å². The van der Waals surface area contributed by atoms with Gasteiger partial charge in [-0.1, -0.05) is 11.6 Å². The maximum Gasteiger partial charge on any atom is 0.407 e. The van der Waals surface area contributed by atoms with Gasteiger partial charge in [0, 0.05) is 25.9 Å². The van der Waals surface area contributed by atoms with Gasteiger partial charge in [0.05, 0.1) is 17.0 Å². The van der Waals surface area contributed by atoms with Gasteiger partial charge in [0.2, 0.25) is 0 Å². The number of amides is 1. The molecule has 0 aromatic heterocycles. The number of nitrogens with zero attached hydrogens (tertiary/aromatic N) is 1. The number of Topliss-reactive ketones (excluding diaryl/α,β-unsaturated/α-hetero) is 1. The molecule has 0 saturated carbocycles. The molecule has 1 N–H and O–H groups in total. The van der Waals surface area contributed by atoms with Crippen LogP contribution in [0.25, 0.3) is 0 Å². The molecule has 0 atom stereocenters. The van der Waals surface area contributed by atoms with Gasteiger partial charge in [-0.15, -0.1) is 0 Å². The highest BCUT2D eigenvalue weighted by atomic mass is 35.5. The molecule has 21 heavy (non-hydrogen) atoms. The summed E-state index contributed by atoms with van der Waals surface area (Å²) in [5.41, 5.74) is -0.580. The summed E-state index contributed by atoms with van der Waals surface area (Å²) in [4.78, 5) is 24.5. The number of benzene rings is 1. The van der Waals surface area contributed by atoms with Crippen LogP contribution >= 0.6 is 11.6 Å². The lowest BCUT2D eigenvalue weighted by Crippen LogP contribution is -2.52. The zero-order chi connectivity index (χ0) is 15.2. The molecule has 0 unspecified atom stereocenters. The van der Waals surface area contributed by atoms with Crippen LogP contribution in [-0.4, -0.2) is 40.6 Å². The standard InChI is InChI=1S/C14H13ClFNO4/c15-10-6-8(16)5-9-11(18)7-14(21-12(9)10)1-3-17(4-2-14)13(19)20/h5-6H,1-4,7H2,(H,19,20). The minimum atomic E-state index is -0.979. The van der Waals surface area contributed by atoms with Crippen LogP contribution in [0.15, 0.2) is 12.1 Å². The Morgan fingerprint density at radius 1 is 1.38 bits per heavy atom. The largest absolute Gasteiger partial charge is 0.484 e. The van der Waals surface area contributed by atoms with E-state index in [0.29, 0.717) is 25.9 Å². The van der Waals surface area contributed by atoms with E-state index in [1.807, 2.05) is 0 Å². The van der Waals surface area contributed by atoms with E-state index in [4.69, 9.17) is 21.4 Å². The SMILES string of the molecule is O=C1CC2(CCN(C(=O)O)CC2)Oc2c(Cl)cc(F)cc21. The van der Waals surface area contributed by atoms with Crippen molar-refractivity contribution in [3.05, 3.63) is 28.5 Å². The summed E-state index contributed by atoms with van der Waals surface area (Å²) in [5.74, 6) is -0.591. The highest BCUT2D eigenvalue weighted by Gasteiger charge is 2.44. The average molecular weight is 314 g/mol. The second-order valence-corrected chi connectivity index (χ2v) is 5.83. The molecule has 7 heteroatoms. The number of carboxylic acid groups (broad SMARTS) is 1. The number of carbonyl (C=O) groups excluding carboxylic acids is 1. The van der Waals surface area contributed by atoms with E-state index in [1.54, 1.807) is 0 Å². The van der Waals surface area contributed by atoms with Gasteiger partial charge in [-0.3, -0.25) is 4.79 Å². The van der Waals surface area contributed by atoms with Crippen LogP contribution in [0.3, 0.4) is 0 Å². The summed E-state index contributed by atoms with van der Waals surface area (Å²) in [7, 11) is 0. The maximum atomic E-state index is 13.3. The first-order valence-corrected chi connectivity index (χ1v) is 6.97. The lowest BCUT2D eigenvalue weighted by Gasteiger charge is -2.43. The Kier molecular flexibility index (Phi) is 3.28. The molecule has 1 amide bonds. The highest BCUT2D eigenvalue weighted by molar-refractivity contribution is 6.32. The summed E-state index contributed by atoms with van der Waals surface area (Å²) in [6.07, 6.45) is -0.0311. The molecule has 0 bridgehead atoms. The van der Waals surface area contributed by atoms with Crippen molar-refractivity contribution in [1.29, 1.82) is 0 Å². The van der Waals surface area contributed by atoms with Crippen molar-refractivity contribution in [2.45, 2.75) is 24.9 Å².